The van der Waals surface area contributed by atoms with Crippen LogP contribution in [0.4, 0.5) is 6.01 Å². The van der Waals surface area contributed by atoms with Gasteiger partial charge in [0.15, 0.2) is 5.58 Å². The molecule has 2 heterocycles. The van der Waals surface area contributed by atoms with E-state index in [9.17, 15) is 4.79 Å². The smallest absolute Gasteiger partial charge is 0.298 e. The van der Waals surface area contributed by atoms with Crippen molar-refractivity contribution in [2.75, 3.05) is 24.5 Å². The number of oxazole rings is 1. The average molecular weight is 363 g/mol. The molecule has 0 radical (unpaired) electrons. The van der Waals surface area contributed by atoms with Gasteiger partial charge >= 0.3 is 0 Å². The first-order valence-electron chi connectivity index (χ1n) is 9.55. The first kappa shape index (κ1) is 17.6. The molecule has 1 amide bonds. The van der Waals surface area contributed by atoms with Crippen molar-refractivity contribution in [3.8, 4) is 0 Å². The van der Waals surface area contributed by atoms with E-state index in [2.05, 4.69) is 21.3 Å². The summed E-state index contributed by atoms with van der Waals surface area (Å²) in [7, 11) is 0. The number of amides is 1. The Balaban J connectivity index is 1.31. The summed E-state index contributed by atoms with van der Waals surface area (Å²) in [5.74, 6) is 0.503. The molecule has 0 saturated carbocycles. The largest absolute Gasteiger partial charge is 0.423 e. The lowest BCUT2D eigenvalue weighted by Gasteiger charge is -2.30. The van der Waals surface area contributed by atoms with Crippen molar-refractivity contribution in [1.29, 1.82) is 0 Å². The van der Waals surface area contributed by atoms with E-state index in [1.807, 2.05) is 50.2 Å². The molecule has 5 nitrogen and oxygen atoms in total. The lowest BCUT2D eigenvalue weighted by molar-refractivity contribution is 0.0944. The third-order valence-corrected chi connectivity index (χ3v) is 5.20. The maximum absolute atomic E-state index is 12.4. The fourth-order valence-electron chi connectivity index (χ4n) is 3.77. The minimum absolute atomic E-state index is 0.0168. The van der Waals surface area contributed by atoms with Gasteiger partial charge in [-0.05, 0) is 56.9 Å². The van der Waals surface area contributed by atoms with E-state index in [0.717, 1.165) is 53.7 Å². The van der Waals surface area contributed by atoms with Crippen LogP contribution in [0.25, 0.3) is 11.1 Å². The van der Waals surface area contributed by atoms with Crippen molar-refractivity contribution < 1.29 is 9.21 Å². The molecule has 0 aliphatic carbocycles. The molecule has 1 saturated heterocycles. The minimum Gasteiger partial charge on any atom is -0.423 e. The first-order valence-corrected chi connectivity index (χ1v) is 9.55. The normalized spacial score (nSPS) is 15.3. The summed E-state index contributed by atoms with van der Waals surface area (Å²) in [6.07, 6.45) is 2.04. The second-order valence-corrected chi connectivity index (χ2v) is 7.48. The van der Waals surface area contributed by atoms with E-state index in [1.54, 1.807) is 0 Å². The SMILES string of the molecule is Cc1cc(C)cc(C(=O)NCC2CCN(c3nc4ccccc4o3)CC2)c1. The predicted octanol–water partition coefficient (Wildman–Crippen LogP) is 4.09. The summed E-state index contributed by atoms with van der Waals surface area (Å²) in [4.78, 5) is 19.2. The van der Waals surface area contributed by atoms with Crippen molar-refractivity contribution in [3.63, 3.8) is 0 Å². The van der Waals surface area contributed by atoms with Gasteiger partial charge in [-0.3, -0.25) is 4.79 Å². The number of aryl methyl sites for hydroxylation is 2. The van der Waals surface area contributed by atoms with Gasteiger partial charge in [-0.25, -0.2) is 0 Å². The van der Waals surface area contributed by atoms with Crippen LogP contribution < -0.4 is 10.2 Å². The molecule has 1 fully saturated rings. The zero-order valence-electron chi connectivity index (χ0n) is 15.9. The lowest BCUT2D eigenvalue weighted by Crippen LogP contribution is -2.38. The van der Waals surface area contributed by atoms with Crippen LogP contribution in [0.2, 0.25) is 0 Å². The Morgan fingerprint density at radius 3 is 2.56 bits per heavy atom. The number of nitrogens with zero attached hydrogens (tertiary/aromatic N) is 2. The molecule has 1 N–H and O–H groups in total. The molecule has 4 rings (SSSR count). The number of benzene rings is 2. The molecular formula is C22H25N3O2. The fourth-order valence-corrected chi connectivity index (χ4v) is 3.77. The second kappa shape index (κ2) is 7.43. The van der Waals surface area contributed by atoms with Gasteiger partial charge in [-0.1, -0.05) is 29.3 Å². The molecular weight excluding hydrogens is 338 g/mol. The highest BCUT2D eigenvalue weighted by atomic mass is 16.4. The van der Waals surface area contributed by atoms with Crippen LogP contribution in [-0.4, -0.2) is 30.5 Å². The third-order valence-electron chi connectivity index (χ3n) is 5.20. The summed E-state index contributed by atoms with van der Waals surface area (Å²) >= 11 is 0. The second-order valence-electron chi connectivity index (χ2n) is 7.48. The van der Waals surface area contributed by atoms with Gasteiger partial charge < -0.3 is 14.6 Å². The highest BCUT2D eigenvalue weighted by Gasteiger charge is 2.23. The van der Waals surface area contributed by atoms with Gasteiger partial charge in [0.05, 0.1) is 0 Å². The predicted molar refractivity (Wildman–Crippen MR) is 107 cm³/mol. The molecule has 0 bridgehead atoms. The van der Waals surface area contributed by atoms with E-state index < -0.39 is 0 Å². The molecule has 2 aromatic carbocycles. The maximum atomic E-state index is 12.4. The molecule has 1 aliphatic heterocycles. The van der Waals surface area contributed by atoms with Crippen LogP contribution in [0.15, 0.2) is 46.9 Å². The van der Waals surface area contributed by atoms with Gasteiger partial charge in [-0.15, -0.1) is 0 Å². The quantitative estimate of drug-likeness (QED) is 0.758. The maximum Gasteiger partial charge on any atom is 0.298 e. The zero-order chi connectivity index (χ0) is 18.8. The van der Waals surface area contributed by atoms with E-state index >= 15 is 0 Å². The van der Waals surface area contributed by atoms with Crippen LogP contribution in [-0.2, 0) is 0 Å². The van der Waals surface area contributed by atoms with E-state index in [-0.39, 0.29) is 5.91 Å². The Hall–Kier alpha value is -2.82. The number of carbonyl (C=O) groups excluding carboxylic acids is 1. The molecule has 0 spiro atoms. The lowest BCUT2D eigenvalue weighted by atomic mass is 9.97. The molecule has 27 heavy (non-hydrogen) atoms. The minimum atomic E-state index is 0.0168. The molecule has 1 aromatic heterocycles. The Morgan fingerprint density at radius 2 is 1.85 bits per heavy atom. The van der Waals surface area contributed by atoms with E-state index in [1.165, 1.54) is 0 Å². The van der Waals surface area contributed by atoms with Gasteiger partial charge in [0, 0.05) is 25.2 Å². The number of rotatable bonds is 4. The number of para-hydroxylation sites is 2. The summed E-state index contributed by atoms with van der Waals surface area (Å²) in [6.45, 7) is 6.55. The summed E-state index contributed by atoms with van der Waals surface area (Å²) < 4.78 is 5.87. The highest BCUT2D eigenvalue weighted by molar-refractivity contribution is 5.94. The number of anilines is 1. The summed E-state index contributed by atoms with van der Waals surface area (Å²) in [6, 6.07) is 14.5. The third kappa shape index (κ3) is 3.97. The Labute approximate surface area is 159 Å². The Bertz CT molecular complexity index is 902. The number of hydrogen-bond acceptors (Lipinski definition) is 4. The van der Waals surface area contributed by atoms with Crippen LogP contribution in [0.1, 0.15) is 34.3 Å². The average Bonchev–Trinajstić information content (AvgIpc) is 3.10. The molecule has 0 atom stereocenters. The molecule has 140 valence electrons. The van der Waals surface area contributed by atoms with Gasteiger partial charge in [-0.2, -0.15) is 4.98 Å². The highest BCUT2D eigenvalue weighted by Crippen LogP contribution is 2.26. The number of piperidine rings is 1. The van der Waals surface area contributed by atoms with Crippen molar-refractivity contribution in [2.24, 2.45) is 5.92 Å². The van der Waals surface area contributed by atoms with Crippen LogP contribution in [0, 0.1) is 19.8 Å². The van der Waals surface area contributed by atoms with Crippen LogP contribution >= 0.6 is 0 Å². The monoisotopic (exact) mass is 363 g/mol. The Kier molecular flexibility index (Phi) is 4.84. The van der Waals surface area contributed by atoms with Gasteiger partial charge in [0.2, 0.25) is 0 Å². The van der Waals surface area contributed by atoms with Crippen molar-refractivity contribution in [2.45, 2.75) is 26.7 Å². The zero-order valence-corrected chi connectivity index (χ0v) is 15.9. The van der Waals surface area contributed by atoms with Gasteiger partial charge in [0.1, 0.15) is 5.52 Å². The van der Waals surface area contributed by atoms with Crippen molar-refractivity contribution in [1.82, 2.24) is 10.3 Å². The van der Waals surface area contributed by atoms with Crippen molar-refractivity contribution >= 4 is 23.0 Å². The number of carbonyl (C=O) groups is 1. The molecule has 5 heteroatoms. The number of aromatic nitrogens is 1. The van der Waals surface area contributed by atoms with Crippen LogP contribution in [0.5, 0.6) is 0 Å². The first-order chi connectivity index (χ1) is 13.1. The molecule has 1 aliphatic rings. The fraction of sp³-hybridized carbons (Fsp3) is 0.364. The molecule has 3 aromatic rings. The number of nitrogens with one attached hydrogen (secondary N) is 1. The van der Waals surface area contributed by atoms with Crippen molar-refractivity contribution in [3.05, 3.63) is 59.2 Å². The summed E-state index contributed by atoms with van der Waals surface area (Å²) in [5, 5.41) is 3.10. The van der Waals surface area contributed by atoms with Gasteiger partial charge in [0.25, 0.3) is 11.9 Å². The molecule has 0 unspecified atom stereocenters. The number of hydrogen-bond donors (Lipinski definition) is 1. The Morgan fingerprint density at radius 1 is 1.15 bits per heavy atom. The summed E-state index contributed by atoms with van der Waals surface area (Å²) in [5.41, 5.74) is 4.71. The van der Waals surface area contributed by atoms with E-state index in [0.29, 0.717) is 18.5 Å². The number of fused-ring (bicyclic) bond motifs is 1. The standard InChI is InChI=1S/C22H25N3O2/c1-15-11-16(2)13-18(12-15)21(26)23-14-17-7-9-25(10-8-17)22-24-19-5-3-4-6-20(19)27-22/h3-6,11-13,17H,7-10,14H2,1-2H3,(H,23,26). The topological polar surface area (TPSA) is 58.4 Å². The van der Waals surface area contributed by atoms with E-state index in [4.69, 9.17) is 4.42 Å². The van der Waals surface area contributed by atoms with Crippen LogP contribution in [0.3, 0.4) is 0 Å².